The monoisotopic (exact) mass is 251 g/mol. The second kappa shape index (κ2) is 4.71. The van der Waals surface area contributed by atoms with Gasteiger partial charge in [-0.3, -0.25) is 4.79 Å². The Bertz CT molecular complexity index is 366. The van der Waals surface area contributed by atoms with Gasteiger partial charge in [0, 0.05) is 24.6 Å². The van der Waals surface area contributed by atoms with Crippen LogP contribution in [0.2, 0.25) is 0 Å². The molecule has 1 rings (SSSR count). The van der Waals surface area contributed by atoms with Crippen molar-refractivity contribution in [3.63, 3.8) is 0 Å². The van der Waals surface area contributed by atoms with Crippen LogP contribution in [0.4, 0.5) is 0 Å². The van der Waals surface area contributed by atoms with Crippen LogP contribution in [0.1, 0.15) is 61.3 Å². The molecule has 1 aliphatic rings. The van der Waals surface area contributed by atoms with E-state index in [2.05, 4.69) is 48.5 Å². The highest BCUT2D eigenvalue weighted by atomic mass is 16.2. The van der Waals surface area contributed by atoms with Gasteiger partial charge < -0.3 is 4.90 Å². The summed E-state index contributed by atoms with van der Waals surface area (Å²) < 4.78 is 0. The van der Waals surface area contributed by atoms with Crippen molar-refractivity contribution in [2.24, 2.45) is 16.7 Å². The predicted molar refractivity (Wildman–Crippen MR) is 77.1 cm³/mol. The van der Waals surface area contributed by atoms with Crippen LogP contribution in [0.5, 0.6) is 0 Å². The molecule has 0 aromatic heterocycles. The molecule has 0 aromatic carbocycles. The summed E-state index contributed by atoms with van der Waals surface area (Å²) in [6.07, 6.45) is 1.70. The molecule has 0 spiro atoms. The van der Waals surface area contributed by atoms with Crippen molar-refractivity contribution in [2.75, 3.05) is 7.05 Å². The van der Waals surface area contributed by atoms with E-state index in [1.807, 2.05) is 11.9 Å². The summed E-state index contributed by atoms with van der Waals surface area (Å²) in [5.74, 6) is 0.695. The number of amides is 1. The van der Waals surface area contributed by atoms with Crippen LogP contribution in [-0.2, 0) is 4.79 Å². The smallest absolute Gasteiger partial charge is 0.226 e. The average molecular weight is 251 g/mol. The van der Waals surface area contributed by atoms with Crippen molar-refractivity contribution in [3.8, 4) is 0 Å². The minimum absolute atomic E-state index is 0.0110. The van der Waals surface area contributed by atoms with Gasteiger partial charge in [-0.1, -0.05) is 48.5 Å². The van der Waals surface area contributed by atoms with E-state index < -0.39 is 0 Å². The van der Waals surface area contributed by atoms with Crippen molar-refractivity contribution in [2.45, 2.75) is 61.3 Å². The quantitative estimate of drug-likeness (QED) is 0.631. The van der Waals surface area contributed by atoms with Crippen molar-refractivity contribution >= 4 is 5.91 Å². The first-order chi connectivity index (χ1) is 7.94. The average Bonchev–Trinajstić information content (AvgIpc) is 2.22. The van der Waals surface area contributed by atoms with E-state index in [9.17, 15) is 4.79 Å². The van der Waals surface area contributed by atoms with Gasteiger partial charge in [-0.2, -0.15) is 0 Å². The van der Waals surface area contributed by atoms with Gasteiger partial charge in [0.1, 0.15) is 0 Å². The Kier molecular flexibility index (Phi) is 4.00. The standard InChI is InChI=1S/C16H29NO/c1-11-9-12(15(2,3)4)14(16(5,6)7)17(8)13(18)10-11/h11H,9-10H2,1-8H3. The Morgan fingerprint density at radius 1 is 1.00 bits per heavy atom. The number of allylic oxidation sites excluding steroid dienone is 2. The van der Waals surface area contributed by atoms with Crippen molar-refractivity contribution < 1.29 is 4.79 Å². The van der Waals surface area contributed by atoms with Crippen LogP contribution in [0.3, 0.4) is 0 Å². The number of rotatable bonds is 0. The summed E-state index contributed by atoms with van der Waals surface area (Å²) in [7, 11) is 1.94. The molecule has 104 valence electrons. The lowest BCUT2D eigenvalue weighted by Crippen LogP contribution is -2.34. The van der Waals surface area contributed by atoms with Crippen molar-refractivity contribution in [1.82, 2.24) is 4.90 Å². The highest BCUT2D eigenvalue weighted by molar-refractivity contribution is 5.79. The molecule has 2 heteroatoms. The summed E-state index contributed by atoms with van der Waals surface area (Å²) in [6.45, 7) is 15.6. The molecule has 0 bridgehead atoms. The summed E-state index contributed by atoms with van der Waals surface area (Å²) in [6, 6.07) is 0. The molecule has 18 heavy (non-hydrogen) atoms. The van der Waals surface area contributed by atoms with Crippen LogP contribution in [-0.4, -0.2) is 17.9 Å². The first-order valence-corrected chi connectivity index (χ1v) is 6.95. The van der Waals surface area contributed by atoms with Gasteiger partial charge >= 0.3 is 0 Å². The molecule has 1 unspecified atom stereocenters. The van der Waals surface area contributed by atoms with E-state index in [4.69, 9.17) is 0 Å². The maximum Gasteiger partial charge on any atom is 0.226 e. The molecule has 0 aromatic rings. The lowest BCUT2D eigenvalue weighted by Gasteiger charge is -2.36. The van der Waals surface area contributed by atoms with Crippen LogP contribution in [0, 0.1) is 16.7 Å². The van der Waals surface area contributed by atoms with Crippen LogP contribution < -0.4 is 0 Å². The van der Waals surface area contributed by atoms with Crippen molar-refractivity contribution in [1.29, 1.82) is 0 Å². The Labute approximate surface area is 112 Å². The predicted octanol–water partition coefficient (Wildman–Crippen LogP) is 4.22. The molecule has 0 N–H and O–H groups in total. The maximum atomic E-state index is 12.2. The molecular weight excluding hydrogens is 222 g/mol. The highest BCUT2D eigenvalue weighted by Crippen LogP contribution is 2.43. The first kappa shape index (κ1) is 15.3. The van der Waals surface area contributed by atoms with E-state index in [1.54, 1.807) is 0 Å². The molecular formula is C16H29NO. The van der Waals surface area contributed by atoms with E-state index in [-0.39, 0.29) is 16.7 Å². The summed E-state index contributed by atoms with van der Waals surface area (Å²) in [4.78, 5) is 14.2. The van der Waals surface area contributed by atoms with Gasteiger partial charge in [0.05, 0.1) is 0 Å². The zero-order chi connectivity index (χ0) is 14.3. The molecule has 0 saturated heterocycles. The Morgan fingerprint density at radius 2 is 1.50 bits per heavy atom. The Balaban J connectivity index is 3.46. The van der Waals surface area contributed by atoms with Gasteiger partial charge in [0.15, 0.2) is 0 Å². The third kappa shape index (κ3) is 3.15. The largest absolute Gasteiger partial charge is 0.319 e. The minimum Gasteiger partial charge on any atom is -0.319 e. The van der Waals surface area contributed by atoms with Crippen LogP contribution in [0.15, 0.2) is 11.3 Å². The zero-order valence-corrected chi connectivity index (χ0v) is 13.3. The number of nitrogens with zero attached hydrogens (tertiary/aromatic N) is 1. The number of hydrogen-bond acceptors (Lipinski definition) is 1. The molecule has 0 saturated carbocycles. The fourth-order valence-corrected chi connectivity index (χ4v) is 2.90. The summed E-state index contributed by atoms with van der Waals surface area (Å²) in [5, 5.41) is 0. The molecule has 0 aliphatic carbocycles. The number of carbonyl (C=O) groups excluding carboxylic acids is 1. The molecule has 1 heterocycles. The van der Waals surface area contributed by atoms with Gasteiger partial charge in [0.2, 0.25) is 5.91 Å². The van der Waals surface area contributed by atoms with Crippen LogP contribution >= 0.6 is 0 Å². The second-order valence-electron chi connectivity index (χ2n) is 7.79. The lowest BCUT2D eigenvalue weighted by molar-refractivity contribution is -0.129. The maximum absolute atomic E-state index is 12.2. The Morgan fingerprint density at radius 3 is 1.89 bits per heavy atom. The van der Waals surface area contributed by atoms with Gasteiger partial charge in [-0.05, 0) is 23.3 Å². The topological polar surface area (TPSA) is 20.3 Å². The normalized spacial score (nSPS) is 23.4. The third-order valence-corrected chi connectivity index (χ3v) is 3.69. The molecule has 2 nitrogen and oxygen atoms in total. The number of carbonyl (C=O) groups is 1. The van der Waals surface area contributed by atoms with E-state index >= 15 is 0 Å². The fraction of sp³-hybridized carbons (Fsp3) is 0.812. The second-order valence-corrected chi connectivity index (χ2v) is 7.79. The molecule has 0 radical (unpaired) electrons. The van der Waals surface area contributed by atoms with E-state index in [0.29, 0.717) is 12.3 Å². The van der Waals surface area contributed by atoms with Crippen LogP contribution in [0.25, 0.3) is 0 Å². The SMILES string of the molecule is CC1CC(=O)N(C)C(C(C)(C)C)=C(C(C)(C)C)C1. The van der Waals surface area contributed by atoms with E-state index in [1.165, 1.54) is 11.3 Å². The lowest BCUT2D eigenvalue weighted by atomic mass is 9.75. The first-order valence-electron chi connectivity index (χ1n) is 6.95. The summed E-state index contributed by atoms with van der Waals surface area (Å²) >= 11 is 0. The minimum atomic E-state index is 0.0110. The number of hydrogen-bond donors (Lipinski definition) is 0. The van der Waals surface area contributed by atoms with E-state index in [0.717, 1.165) is 6.42 Å². The summed E-state index contributed by atoms with van der Waals surface area (Å²) in [5.41, 5.74) is 2.80. The fourth-order valence-electron chi connectivity index (χ4n) is 2.90. The third-order valence-electron chi connectivity index (χ3n) is 3.69. The van der Waals surface area contributed by atoms with Gasteiger partial charge in [-0.15, -0.1) is 0 Å². The molecule has 1 atom stereocenters. The highest BCUT2D eigenvalue weighted by Gasteiger charge is 2.35. The molecule has 1 aliphatic heterocycles. The molecule has 1 amide bonds. The van der Waals surface area contributed by atoms with Crippen molar-refractivity contribution in [3.05, 3.63) is 11.3 Å². The molecule has 0 fully saturated rings. The van der Waals surface area contributed by atoms with Gasteiger partial charge in [-0.25, -0.2) is 0 Å². The zero-order valence-electron chi connectivity index (χ0n) is 13.3. The van der Waals surface area contributed by atoms with Gasteiger partial charge in [0.25, 0.3) is 0 Å². The Hall–Kier alpha value is -0.790.